The van der Waals surface area contributed by atoms with Crippen LogP contribution in [0.5, 0.6) is 0 Å². The van der Waals surface area contributed by atoms with E-state index in [1.165, 1.54) is 12.8 Å². The van der Waals surface area contributed by atoms with Gasteiger partial charge in [-0.15, -0.1) is 0 Å². The zero-order valence-corrected chi connectivity index (χ0v) is 11.7. The van der Waals surface area contributed by atoms with Crippen molar-refractivity contribution in [2.45, 2.75) is 12.8 Å². The summed E-state index contributed by atoms with van der Waals surface area (Å²) in [4.78, 5) is 14.5. The predicted molar refractivity (Wildman–Crippen MR) is 80.4 cm³/mol. The first-order valence-electron chi connectivity index (χ1n) is 7.10. The molecule has 0 saturated carbocycles. The van der Waals surface area contributed by atoms with Gasteiger partial charge in [0.1, 0.15) is 0 Å². The van der Waals surface area contributed by atoms with E-state index in [9.17, 15) is 4.79 Å². The Kier molecular flexibility index (Phi) is 5.60. The summed E-state index contributed by atoms with van der Waals surface area (Å²) in [5.41, 5.74) is 6.73. The number of carbonyl (C=O) groups is 1. The van der Waals surface area contributed by atoms with E-state index in [2.05, 4.69) is 22.1 Å². The first kappa shape index (κ1) is 14.6. The van der Waals surface area contributed by atoms with E-state index in [0.717, 1.165) is 25.2 Å². The van der Waals surface area contributed by atoms with Gasteiger partial charge in [-0.1, -0.05) is 24.0 Å². The average Bonchev–Trinajstić information content (AvgIpc) is 2.98. The molecule has 1 saturated heterocycles. The lowest BCUT2D eigenvalue weighted by molar-refractivity contribution is 0.0949. The second kappa shape index (κ2) is 7.68. The molecule has 0 aromatic heterocycles. The van der Waals surface area contributed by atoms with Crippen molar-refractivity contribution in [1.29, 1.82) is 0 Å². The summed E-state index contributed by atoms with van der Waals surface area (Å²) in [7, 11) is 0. The Balaban J connectivity index is 1.91. The molecule has 3 N–H and O–H groups in total. The van der Waals surface area contributed by atoms with Crippen LogP contribution in [0.25, 0.3) is 0 Å². The molecule has 1 aliphatic rings. The number of carbonyl (C=O) groups excluding carboxylic acids is 1. The monoisotopic (exact) mass is 271 g/mol. The number of hydrogen-bond acceptors (Lipinski definition) is 3. The van der Waals surface area contributed by atoms with Gasteiger partial charge in [0.15, 0.2) is 0 Å². The topological polar surface area (TPSA) is 58.4 Å². The molecular weight excluding hydrogens is 250 g/mol. The fraction of sp³-hybridized carbons (Fsp3) is 0.438. The molecule has 1 heterocycles. The molecule has 2 rings (SSSR count). The van der Waals surface area contributed by atoms with Gasteiger partial charge < -0.3 is 16.0 Å². The minimum atomic E-state index is -0.0638. The number of rotatable bonds is 4. The highest BCUT2D eigenvalue weighted by molar-refractivity contribution is 5.96. The van der Waals surface area contributed by atoms with E-state index < -0.39 is 0 Å². The zero-order chi connectivity index (χ0) is 14.2. The van der Waals surface area contributed by atoms with Gasteiger partial charge >= 0.3 is 0 Å². The number of benzene rings is 1. The maximum absolute atomic E-state index is 12.2. The molecule has 4 heteroatoms. The molecule has 0 atom stereocenters. The fourth-order valence-electron chi connectivity index (χ4n) is 2.37. The van der Waals surface area contributed by atoms with Crippen LogP contribution in [0.1, 0.15) is 28.8 Å². The van der Waals surface area contributed by atoms with Crippen LogP contribution in [-0.4, -0.2) is 43.5 Å². The molecule has 1 amide bonds. The fourth-order valence-corrected chi connectivity index (χ4v) is 2.37. The smallest absolute Gasteiger partial charge is 0.252 e. The largest absolute Gasteiger partial charge is 0.351 e. The van der Waals surface area contributed by atoms with E-state index in [-0.39, 0.29) is 5.91 Å². The Bertz CT molecular complexity index is 510. The minimum Gasteiger partial charge on any atom is -0.351 e. The van der Waals surface area contributed by atoms with Gasteiger partial charge in [0.2, 0.25) is 0 Å². The molecule has 106 valence electrons. The van der Waals surface area contributed by atoms with Crippen LogP contribution in [0.3, 0.4) is 0 Å². The molecule has 0 unspecified atom stereocenters. The van der Waals surface area contributed by atoms with E-state index in [1.54, 1.807) is 6.07 Å². The Labute approximate surface area is 120 Å². The lowest BCUT2D eigenvalue weighted by Crippen LogP contribution is -2.33. The van der Waals surface area contributed by atoms with Crippen LogP contribution in [0.4, 0.5) is 0 Å². The van der Waals surface area contributed by atoms with Crippen molar-refractivity contribution in [3.05, 3.63) is 35.4 Å². The summed E-state index contributed by atoms with van der Waals surface area (Å²) < 4.78 is 0. The molecule has 1 fully saturated rings. The quantitative estimate of drug-likeness (QED) is 0.797. The Morgan fingerprint density at radius 1 is 1.30 bits per heavy atom. The van der Waals surface area contributed by atoms with Crippen molar-refractivity contribution in [2.24, 2.45) is 5.73 Å². The number of nitrogens with one attached hydrogen (secondary N) is 1. The van der Waals surface area contributed by atoms with E-state index in [0.29, 0.717) is 18.7 Å². The minimum absolute atomic E-state index is 0.0638. The highest BCUT2D eigenvalue weighted by Crippen LogP contribution is 2.08. The van der Waals surface area contributed by atoms with E-state index in [4.69, 9.17) is 5.73 Å². The molecule has 0 radical (unpaired) electrons. The van der Waals surface area contributed by atoms with Crippen LogP contribution in [0.2, 0.25) is 0 Å². The molecule has 1 aromatic carbocycles. The molecule has 0 bridgehead atoms. The lowest BCUT2D eigenvalue weighted by Gasteiger charge is -2.15. The Morgan fingerprint density at radius 2 is 2.05 bits per heavy atom. The van der Waals surface area contributed by atoms with Crippen LogP contribution in [0, 0.1) is 11.8 Å². The summed E-state index contributed by atoms with van der Waals surface area (Å²) in [5.74, 6) is 5.67. The third-order valence-electron chi connectivity index (χ3n) is 3.41. The van der Waals surface area contributed by atoms with Crippen molar-refractivity contribution in [3.63, 3.8) is 0 Å². The number of nitrogens with zero attached hydrogens (tertiary/aromatic N) is 1. The molecular formula is C16H21N3O. The van der Waals surface area contributed by atoms with Crippen LogP contribution < -0.4 is 11.1 Å². The van der Waals surface area contributed by atoms with Crippen molar-refractivity contribution in [3.8, 4) is 11.8 Å². The number of hydrogen-bond donors (Lipinski definition) is 2. The predicted octanol–water partition coefficient (Wildman–Crippen LogP) is 0.822. The maximum atomic E-state index is 12.2. The van der Waals surface area contributed by atoms with Crippen molar-refractivity contribution >= 4 is 5.91 Å². The van der Waals surface area contributed by atoms with E-state index >= 15 is 0 Å². The van der Waals surface area contributed by atoms with Crippen LogP contribution in [0.15, 0.2) is 24.3 Å². The van der Waals surface area contributed by atoms with Gasteiger partial charge in [0.05, 0.1) is 12.1 Å². The second-order valence-corrected chi connectivity index (χ2v) is 4.86. The molecule has 1 aromatic rings. The highest BCUT2D eigenvalue weighted by Gasteiger charge is 2.12. The first-order chi connectivity index (χ1) is 9.81. The Morgan fingerprint density at radius 3 is 2.80 bits per heavy atom. The molecule has 1 aliphatic heterocycles. The standard InChI is InChI=1S/C16H21N3O/c17-9-5-7-14-6-1-2-8-15(14)16(20)18-10-13-19-11-3-4-12-19/h1-2,6,8H,3-4,9-13,17H2,(H,18,20). The van der Waals surface area contributed by atoms with Crippen LogP contribution in [-0.2, 0) is 0 Å². The van der Waals surface area contributed by atoms with Crippen molar-refractivity contribution in [1.82, 2.24) is 10.2 Å². The van der Waals surface area contributed by atoms with E-state index in [1.807, 2.05) is 18.2 Å². The highest BCUT2D eigenvalue weighted by atomic mass is 16.1. The third-order valence-corrected chi connectivity index (χ3v) is 3.41. The molecule has 4 nitrogen and oxygen atoms in total. The summed E-state index contributed by atoms with van der Waals surface area (Å²) in [6.07, 6.45) is 2.54. The second-order valence-electron chi connectivity index (χ2n) is 4.86. The SMILES string of the molecule is NCC#Cc1ccccc1C(=O)NCCN1CCCC1. The Hall–Kier alpha value is -1.83. The number of nitrogens with two attached hydrogens (primary N) is 1. The van der Waals surface area contributed by atoms with Crippen molar-refractivity contribution in [2.75, 3.05) is 32.7 Å². The zero-order valence-electron chi connectivity index (χ0n) is 11.7. The van der Waals surface area contributed by atoms with Gasteiger partial charge in [-0.3, -0.25) is 4.79 Å². The summed E-state index contributed by atoms with van der Waals surface area (Å²) in [6.45, 7) is 4.19. The summed E-state index contributed by atoms with van der Waals surface area (Å²) >= 11 is 0. The maximum Gasteiger partial charge on any atom is 0.252 e. The first-order valence-corrected chi connectivity index (χ1v) is 7.10. The average molecular weight is 271 g/mol. The molecule has 20 heavy (non-hydrogen) atoms. The normalized spacial score (nSPS) is 14.7. The van der Waals surface area contributed by atoms with Gasteiger partial charge in [-0.25, -0.2) is 0 Å². The third kappa shape index (κ3) is 4.09. The van der Waals surface area contributed by atoms with Gasteiger partial charge in [-0.05, 0) is 38.1 Å². The van der Waals surface area contributed by atoms with Gasteiger partial charge in [0, 0.05) is 18.7 Å². The van der Waals surface area contributed by atoms with Crippen molar-refractivity contribution < 1.29 is 4.79 Å². The molecule has 0 aliphatic carbocycles. The van der Waals surface area contributed by atoms with Gasteiger partial charge in [0.25, 0.3) is 5.91 Å². The number of amides is 1. The molecule has 0 spiro atoms. The number of likely N-dealkylation sites (tertiary alicyclic amines) is 1. The summed E-state index contributed by atoms with van der Waals surface area (Å²) in [5, 5.41) is 2.96. The summed E-state index contributed by atoms with van der Waals surface area (Å²) in [6, 6.07) is 7.37. The van der Waals surface area contributed by atoms with Gasteiger partial charge in [-0.2, -0.15) is 0 Å². The lowest BCUT2D eigenvalue weighted by atomic mass is 10.1. The van der Waals surface area contributed by atoms with Crippen LogP contribution >= 0.6 is 0 Å².